The molecule has 1 atom stereocenters. The highest BCUT2D eigenvalue weighted by Gasteiger charge is 2.23. The summed E-state index contributed by atoms with van der Waals surface area (Å²) in [4.78, 5) is 0. The first kappa shape index (κ1) is 14.2. The van der Waals surface area contributed by atoms with Gasteiger partial charge in [0.15, 0.2) is 0 Å². The SMILES string of the molecule is CC(C)C(CNC1CC1)Cc1cc(Cl)ccc1Cl. The monoisotopic (exact) mass is 285 g/mol. The lowest BCUT2D eigenvalue weighted by molar-refractivity contribution is 0.359. The maximum absolute atomic E-state index is 6.24. The number of rotatable bonds is 6. The Morgan fingerprint density at radius 1 is 1.28 bits per heavy atom. The Kier molecular flexibility index (Phi) is 4.94. The zero-order chi connectivity index (χ0) is 13.1. The molecule has 0 saturated heterocycles. The van der Waals surface area contributed by atoms with Crippen molar-refractivity contribution in [2.45, 2.75) is 39.2 Å². The van der Waals surface area contributed by atoms with E-state index in [0.717, 1.165) is 29.1 Å². The molecule has 1 aromatic rings. The van der Waals surface area contributed by atoms with Crippen molar-refractivity contribution in [1.82, 2.24) is 5.32 Å². The quantitative estimate of drug-likeness (QED) is 0.808. The summed E-state index contributed by atoms with van der Waals surface area (Å²) < 4.78 is 0. The van der Waals surface area contributed by atoms with Crippen LogP contribution in [0.25, 0.3) is 0 Å². The molecule has 0 bridgehead atoms. The molecular formula is C15H21Cl2N. The van der Waals surface area contributed by atoms with Gasteiger partial charge in [0, 0.05) is 16.1 Å². The van der Waals surface area contributed by atoms with Gasteiger partial charge in [-0.1, -0.05) is 37.0 Å². The third-order valence-electron chi connectivity index (χ3n) is 3.68. The Morgan fingerprint density at radius 2 is 2.00 bits per heavy atom. The highest BCUT2D eigenvalue weighted by Crippen LogP contribution is 2.26. The van der Waals surface area contributed by atoms with Crippen molar-refractivity contribution in [3.8, 4) is 0 Å². The van der Waals surface area contributed by atoms with Gasteiger partial charge in [0.05, 0.1) is 0 Å². The van der Waals surface area contributed by atoms with Crippen molar-refractivity contribution in [3.63, 3.8) is 0 Å². The van der Waals surface area contributed by atoms with Gasteiger partial charge >= 0.3 is 0 Å². The van der Waals surface area contributed by atoms with Gasteiger partial charge in [0.2, 0.25) is 0 Å². The fourth-order valence-corrected chi connectivity index (χ4v) is 2.52. The van der Waals surface area contributed by atoms with Crippen LogP contribution < -0.4 is 5.32 Å². The van der Waals surface area contributed by atoms with Crippen LogP contribution >= 0.6 is 23.2 Å². The highest BCUT2D eigenvalue weighted by atomic mass is 35.5. The predicted octanol–water partition coefficient (Wildman–Crippen LogP) is 4.56. The highest BCUT2D eigenvalue weighted by molar-refractivity contribution is 6.33. The van der Waals surface area contributed by atoms with Crippen LogP contribution in [0.3, 0.4) is 0 Å². The number of halogens is 2. The standard InChI is InChI=1S/C15H21Cl2N/c1-10(2)12(9-18-14-4-5-14)7-11-8-13(16)3-6-15(11)17/h3,6,8,10,12,14,18H,4-5,7,9H2,1-2H3. The zero-order valence-corrected chi connectivity index (χ0v) is 12.6. The van der Waals surface area contributed by atoms with E-state index in [9.17, 15) is 0 Å². The van der Waals surface area contributed by atoms with Crippen molar-refractivity contribution < 1.29 is 0 Å². The lowest BCUT2D eigenvalue weighted by atomic mass is 9.89. The van der Waals surface area contributed by atoms with E-state index in [-0.39, 0.29) is 0 Å². The molecule has 1 aliphatic carbocycles. The zero-order valence-electron chi connectivity index (χ0n) is 11.0. The summed E-state index contributed by atoms with van der Waals surface area (Å²) in [5.74, 6) is 1.26. The lowest BCUT2D eigenvalue weighted by Crippen LogP contribution is -2.29. The Balaban J connectivity index is 1.99. The van der Waals surface area contributed by atoms with E-state index in [4.69, 9.17) is 23.2 Å². The molecular weight excluding hydrogens is 265 g/mol. The molecule has 1 aromatic carbocycles. The van der Waals surface area contributed by atoms with Crippen LogP contribution in [0.5, 0.6) is 0 Å². The summed E-state index contributed by atoms with van der Waals surface area (Å²) in [5, 5.41) is 5.22. The van der Waals surface area contributed by atoms with Gasteiger partial charge in [-0.3, -0.25) is 0 Å². The first-order valence-electron chi connectivity index (χ1n) is 6.73. The molecule has 0 amide bonds. The van der Waals surface area contributed by atoms with Crippen LogP contribution in [0, 0.1) is 11.8 Å². The van der Waals surface area contributed by atoms with Gasteiger partial charge in [0.1, 0.15) is 0 Å². The average molecular weight is 286 g/mol. The van der Waals surface area contributed by atoms with E-state index in [1.54, 1.807) is 0 Å². The third-order valence-corrected chi connectivity index (χ3v) is 4.28. The van der Waals surface area contributed by atoms with E-state index in [1.165, 1.54) is 18.4 Å². The van der Waals surface area contributed by atoms with E-state index in [1.807, 2.05) is 18.2 Å². The number of benzene rings is 1. The molecule has 100 valence electrons. The van der Waals surface area contributed by atoms with E-state index >= 15 is 0 Å². The third kappa shape index (κ3) is 4.15. The minimum Gasteiger partial charge on any atom is -0.314 e. The molecule has 0 heterocycles. The van der Waals surface area contributed by atoms with Crippen LogP contribution in [0.2, 0.25) is 10.0 Å². The number of hydrogen-bond donors (Lipinski definition) is 1. The normalized spacial score (nSPS) is 17.2. The second kappa shape index (κ2) is 6.27. The molecule has 3 heteroatoms. The number of hydrogen-bond acceptors (Lipinski definition) is 1. The molecule has 0 aliphatic heterocycles. The summed E-state index contributed by atoms with van der Waals surface area (Å²) in [6.45, 7) is 5.63. The minimum atomic E-state index is 0.613. The van der Waals surface area contributed by atoms with Crippen LogP contribution in [0.4, 0.5) is 0 Å². The molecule has 2 rings (SSSR count). The minimum absolute atomic E-state index is 0.613. The van der Waals surface area contributed by atoms with Gasteiger partial charge < -0.3 is 5.32 Å². The molecule has 1 N–H and O–H groups in total. The van der Waals surface area contributed by atoms with Gasteiger partial charge in [0.25, 0.3) is 0 Å². The van der Waals surface area contributed by atoms with Crippen molar-refractivity contribution in [3.05, 3.63) is 33.8 Å². The summed E-state index contributed by atoms with van der Waals surface area (Å²) in [7, 11) is 0. The Hall–Kier alpha value is -0.240. The summed E-state index contributed by atoms with van der Waals surface area (Å²) in [6, 6.07) is 6.50. The molecule has 1 saturated carbocycles. The summed E-state index contributed by atoms with van der Waals surface area (Å²) in [5.41, 5.74) is 1.17. The van der Waals surface area contributed by atoms with Crippen LogP contribution in [-0.4, -0.2) is 12.6 Å². The lowest BCUT2D eigenvalue weighted by Gasteiger charge is -2.22. The topological polar surface area (TPSA) is 12.0 Å². The molecule has 1 aliphatic rings. The Morgan fingerprint density at radius 3 is 2.61 bits per heavy atom. The molecule has 0 spiro atoms. The van der Waals surface area contributed by atoms with Gasteiger partial charge in [-0.25, -0.2) is 0 Å². The summed E-state index contributed by atoms with van der Waals surface area (Å²) >= 11 is 12.3. The van der Waals surface area contributed by atoms with Gasteiger partial charge in [-0.05, 0) is 61.4 Å². The van der Waals surface area contributed by atoms with E-state index in [0.29, 0.717) is 11.8 Å². The largest absolute Gasteiger partial charge is 0.314 e. The van der Waals surface area contributed by atoms with E-state index in [2.05, 4.69) is 19.2 Å². The fourth-order valence-electron chi connectivity index (χ4n) is 2.13. The molecule has 1 fully saturated rings. The van der Waals surface area contributed by atoms with Gasteiger partial charge in [-0.2, -0.15) is 0 Å². The molecule has 0 aromatic heterocycles. The van der Waals surface area contributed by atoms with Crippen molar-refractivity contribution in [1.29, 1.82) is 0 Å². The summed E-state index contributed by atoms with van der Waals surface area (Å²) in [6.07, 6.45) is 3.67. The first-order valence-corrected chi connectivity index (χ1v) is 7.49. The smallest absolute Gasteiger partial charge is 0.0439 e. The van der Waals surface area contributed by atoms with Crippen LogP contribution in [0.1, 0.15) is 32.3 Å². The maximum atomic E-state index is 6.24. The molecule has 1 nitrogen and oxygen atoms in total. The Labute approximate surface area is 120 Å². The number of nitrogens with one attached hydrogen (secondary N) is 1. The van der Waals surface area contributed by atoms with Gasteiger partial charge in [-0.15, -0.1) is 0 Å². The fraction of sp³-hybridized carbons (Fsp3) is 0.600. The predicted molar refractivity (Wildman–Crippen MR) is 79.5 cm³/mol. The average Bonchev–Trinajstić information content (AvgIpc) is 3.12. The second-order valence-corrected chi connectivity index (χ2v) is 6.47. The van der Waals surface area contributed by atoms with E-state index < -0.39 is 0 Å². The molecule has 0 radical (unpaired) electrons. The van der Waals surface area contributed by atoms with Crippen molar-refractivity contribution in [2.24, 2.45) is 11.8 Å². The van der Waals surface area contributed by atoms with Crippen molar-refractivity contribution in [2.75, 3.05) is 6.54 Å². The first-order chi connectivity index (χ1) is 8.56. The molecule has 1 unspecified atom stereocenters. The van der Waals surface area contributed by atoms with Crippen LogP contribution in [-0.2, 0) is 6.42 Å². The second-order valence-electron chi connectivity index (χ2n) is 5.63. The maximum Gasteiger partial charge on any atom is 0.0439 e. The van der Waals surface area contributed by atoms with Crippen molar-refractivity contribution >= 4 is 23.2 Å². The molecule has 18 heavy (non-hydrogen) atoms. The Bertz CT molecular complexity index is 399. The van der Waals surface area contributed by atoms with Crippen LogP contribution in [0.15, 0.2) is 18.2 Å².